The second kappa shape index (κ2) is 7.70. The Kier molecular flexibility index (Phi) is 4.98. The molecule has 2 aromatic heterocycles. The van der Waals surface area contributed by atoms with E-state index < -0.39 is 5.91 Å². The van der Waals surface area contributed by atoms with Gasteiger partial charge < -0.3 is 5.32 Å². The van der Waals surface area contributed by atoms with Crippen LogP contribution in [0.3, 0.4) is 0 Å². The lowest BCUT2D eigenvalue weighted by atomic mass is 10.1. The molecule has 2 heterocycles. The van der Waals surface area contributed by atoms with Gasteiger partial charge in [0, 0.05) is 30.1 Å². The Labute approximate surface area is 144 Å². The zero-order valence-corrected chi connectivity index (χ0v) is 13.3. The second-order valence-electron chi connectivity index (χ2n) is 5.27. The van der Waals surface area contributed by atoms with Gasteiger partial charge >= 0.3 is 0 Å². The Bertz CT molecular complexity index is 923. The highest BCUT2D eigenvalue weighted by Gasteiger charge is 2.12. The van der Waals surface area contributed by atoms with Crippen molar-refractivity contribution in [3.05, 3.63) is 77.8 Å². The molecule has 0 aliphatic heterocycles. The van der Waals surface area contributed by atoms with E-state index in [-0.39, 0.29) is 5.57 Å². The Balaban J connectivity index is 1.78. The highest BCUT2D eigenvalue weighted by Crippen LogP contribution is 2.22. The molecule has 0 radical (unpaired) electrons. The summed E-state index contributed by atoms with van der Waals surface area (Å²) in [6, 6.07) is 15.2. The molecule has 25 heavy (non-hydrogen) atoms. The van der Waals surface area contributed by atoms with Gasteiger partial charge in [-0.2, -0.15) is 10.4 Å². The number of rotatable bonds is 5. The van der Waals surface area contributed by atoms with Crippen LogP contribution in [0.15, 0.2) is 66.6 Å². The second-order valence-corrected chi connectivity index (χ2v) is 5.27. The largest absolute Gasteiger partial charge is 0.347 e. The van der Waals surface area contributed by atoms with Gasteiger partial charge in [-0.25, -0.2) is 0 Å². The molecule has 6 nitrogen and oxygen atoms in total. The zero-order valence-electron chi connectivity index (χ0n) is 13.3. The summed E-state index contributed by atoms with van der Waals surface area (Å²) in [5, 5.41) is 19.0. The number of pyridine rings is 1. The van der Waals surface area contributed by atoms with Crippen molar-refractivity contribution >= 4 is 12.0 Å². The quantitative estimate of drug-likeness (QED) is 0.556. The van der Waals surface area contributed by atoms with Crippen LogP contribution in [-0.4, -0.2) is 21.1 Å². The fourth-order valence-corrected chi connectivity index (χ4v) is 2.32. The van der Waals surface area contributed by atoms with Crippen molar-refractivity contribution in [2.24, 2.45) is 0 Å². The van der Waals surface area contributed by atoms with Crippen LogP contribution < -0.4 is 5.32 Å². The number of aromatic amines is 1. The summed E-state index contributed by atoms with van der Waals surface area (Å²) in [7, 11) is 0. The number of carbonyl (C=O) groups is 1. The van der Waals surface area contributed by atoms with Crippen LogP contribution in [0.2, 0.25) is 0 Å². The standard InChI is InChI=1S/C19H15N5O/c20-11-16(19(25)22-12-14-6-8-21-9-7-14)10-17-13-23-24-18(17)15-4-2-1-3-5-15/h1-10,13H,12H2,(H,22,25)(H,23,24). The van der Waals surface area contributed by atoms with Crippen molar-refractivity contribution < 1.29 is 4.79 Å². The molecule has 0 saturated carbocycles. The summed E-state index contributed by atoms with van der Waals surface area (Å²) in [6.45, 7) is 0.331. The van der Waals surface area contributed by atoms with E-state index in [9.17, 15) is 10.1 Å². The highest BCUT2D eigenvalue weighted by molar-refractivity contribution is 6.02. The van der Waals surface area contributed by atoms with Crippen LogP contribution in [0, 0.1) is 11.3 Å². The van der Waals surface area contributed by atoms with Crippen molar-refractivity contribution in [3.8, 4) is 17.3 Å². The first-order valence-electron chi connectivity index (χ1n) is 7.65. The van der Waals surface area contributed by atoms with Crippen LogP contribution in [0.25, 0.3) is 17.3 Å². The third-order valence-electron chi connectivity index (χ3n) is 3.60. The fourth-order valence-electron chi connectivity index (χ4n) is 2.32. The van der Waals surface area contributed by atoms with Crippen LogP contribution in [0.1, 0.15) is 11.1 Å². The van der Waals surface area contributed by atoms with Crippen molar-refractivity contribution in [2.45, 2.75) is 6.54 Å². The van der Waals surface area contributed by atoms with Gasteiger partial charge in [-0.1, -0.05) is 30.3 Å². The number of H-pyrrole nitrogens is 1. The molecule has 1 aromatic carbocycles. The van der Waals surface area contributed by atoms with Crippen molar-refractivity contribution in [2.75, 3.05) is 0 Å². The lowest BCUT2D eigenvalue weighted by Gasteiger charge is -2.04. The molecule has 1 amide bonds. The van der Waals surface area contributed by atoms with Gasteiger partial charge in [-0.05, 0) is 23.8 Å². The van der Waals surface area contributed by atoms with Gasteiger partial charge in [0.25, 0.3) is 5.91 Å². The summed E-state index contributed by atoms with van der Waals surface area (Å²) in [5.41, 5.74) is 3.30. The van der Waals surface area contributed by atoms with Crippen molar-refractivity contribution in [3.63, 3.8) is 0 Å². The minimum Gasteiger partial charge on any atom is -0.347 e. The molecule has 3 rings (SSSR count). The molecule has 0 aliphatic rings. The number of nitrogens with one attached hydrogen (secondary N) is 2. The monoisotopic (exact) mass is 329 g/mol. The minimum absolute atomic E-state index is 0.0210. The molecule has 0 atom stereocenters. The van der Waals surface area contributed by atoms with Crippen LogP contribution in [0.5, 0.6) is 0 Å². The molecule has 6 heteroatoms. The predicted molar refractivity (Wildman–Crippen MR) is 93.7 cm³/mol. The first-order chi connectivity index (χ1) is 12.3. The lowest BCUT2D eigenvalue weighted by Crippen LogP contribution is -2.23. The molecule has 0 spiro atoms. The maximum absolute atomic E-state index is 12.3. The molecular formula is C19H15N5O. The topological polar surface area (TPSA) is 94.5 Å². The van der Waals surface area contributed by atoms with E-state index >= 15 is 0 Å². The number of benzene rings is 1. The number of nitriles is 1. The smallest absolute Gasteiger partial charge is 0.262 e. The Morgan fingerprint density at radius 2 is 1.96 bits per heavy atom. The average Bonchev–Trinajstić information content (AvgIpc) is 3.14. The van der Waals surface area contributed by atoms with E-state index in [2.05, 4.69) is 20.5 Å². The number of aromatic nitrogens is 3. The molecule has 0 saturated heterocycles. The van der Waals surface area contributed by atoms with Gasteiger partial charge in [0.1, 0.15) is 11.6 Å². The van der Waals surface area contributed by atoms with Gasteiger partial charge in [-0.3, -0.25) is 14.9 Å². The fraction of sp³-hybridized carbons (Fsp3) is 0.0526. The third kappa shape index (κ3) is 3.98. The average molecular weight is 329 g/mol. The van der Waals surface area contributed by atoms with Gasteiger partial charge in [0.05, 0.1) is 11.9 Å². The molecule has 0 unspecified atom stereocenters. The van der Waals surface area contributed by atoms with Crippen LogP contribution in [0.4, 0.5) is 0 Å². The Morgan fingerprint density at radius 1 is 1.20 bits per heavy atom. The molecular weight excluding hydrogens is 314 g/mol. The van der Waals surface area contributed by atoms with E-state index in [0.717, 1.165) is 16.8 Å². The lowest BCUT2D eigenvalue weighted by molar-refractivity contribution is -0.117. The Morgan fingerprint density at radius 3 is 2.68 bits per heavy atom. The van der Waals surface area contributed by atoms with E-state index in [1.165, 1.54) is 6.08 Å². The van der Waals surface area contributed by atoms with Gasteiger partial charge in [0.15, 0.2) is 0 Å². The van der Waals surface area contributed by atoms with Gasteiger partial charge in [-0.15, -0.1) is 0 Å². The molecule has 2 N–H and O–H groups in total. The number of carbonyl (C=O) groups excluding carboxylic acids is 1. The van der Waals surface area contributed by atoms with E-state index in [1.807, 2.05) is 36.4 Å². The summed E-state index contributed by atoms with van der Waals surface area (Å²) < 4.78 is 0. The summed E-state index contributed by atoms with van der Waals surface area (Å²) in [5.74, 6) is -0.431. The van der Waals surface area contributed by atoms with E-state index in [1.54, 1.807) is 30.7 Å². The van der Waals surface area contributed by atoms with E-state index in [4.69, 9.17) is 0 Å². The number of amides is 1. The van der Waals surface area contributed by atoms with Crippen molar-refractivity contribution in [1.82, 2.24) is 20.5 Å². The number of nitrogens with zero attached hydrogens (tertiary/aromatic N) is 3. The first-order valence-corrected chi connectivity index (χ1v) is 7.65. The summed E-state index contributed by atoms with van der Waals surface area (Å²) >= 11 is 0. The maximum atomic E-state index is 12.3. The number of hydrogen-bond acceptors (Lipinski definition) is 4. The Hall–Kier alpha value is -3.72. The number of hydrogen-bond donors (Lipinski definition) is 2. The van der Waals surface area contributed by atoms with Crippen LogP contribution in [-0.2, 0) is 11.3 Å². The normalized spacial score (nSPS) is 10.9. The predicted octanol–water partition coefficient (Wildman–Crippen LogP) is 2.70. The molecule has 0 fully saturated rings. The molecule has 0 aliphatic carbocycles. The van der Waals surface area contributed by atoms with E-state index in [0.29, 0.717) is 12.1 Å². The third-order valence-corrected chi connectivity index (χ3v) is 3.60. The maximum Gasteiger partial charge on any atom is 0.262 e. The zero-order chi connectivity index (χ0) is 17.5. The van der Waals surface area contributed by atoms with Gasteiger partial charge in [0.2, 0.25) is 0 Å². The van der Waals surface area contributed by atoms with Crippen LogP contribution >= 0.6 is 0 Å². The molecule has 0 bridgehead atoms. The van der Waals surface area contributed by atoms with Crippen molar-refractivity contribution in [1.29, 1.82) is 5.26 Å². The highest BCUT2D eigenvalue weighted by atomic mass is 16.1. The molecule has 122 valence electrons. The minimum atomic E-state index is -0.431. The first kappa shape index (κ1) is 16.1. The summed E-state index contributed by atoms with van der Waals surface area (Å²) in [6.07, 6.45) is 6.43. The molecule has 3 aromatic rings. The summed E-state index contributed by atoms with van der Waals surface area (Å²) in [4.78, 5) is 16.2. The SMILES string of the molecule is N#CC(=Cc1cn[nH]c1-c1ccccc1)C(=O)NCc1ccncc1.